The van der Waals surface area contributed by atoms with Crippen LogP contribution in [0, 0.1) is 13.8 Å². The average molecular weight is 375 g/mol. The Morgan fingerprint density at radius 2 is 1.89 bits per heavy atom. The van der Waals surface area contributed by atoms with Gasteiger partial charge in [-0.3, -0.25) is 14.2 Å². The van der Waals surface area contributed by atoms with E-state index in [2.05, 4.69) is 20.2 Å². The highest BCUT2D eigenvalue weighted by atomic mass is 16.3. The molecule has 0 radical (unpaired) electrons. The quantitative estimate of drug-likeness (QED) is 0.580. The lowest BCUT2D eigenvalue weighted by molar-refractivity contribution is 0.588. The number of rotatable bonds is 2. The Labute approximate surface area is 161 Å². The van der Waals surface area contributed by atoms with Crippen LogP contribution in [0.1, 0.15) is 11.4 Å². The Bertz CT molecular complexity index is 1250. The molecule has 1 aliphatic rings. The van der Waals surface area contributed by atoms with Gasteiger partial charge in [-0.1, -0.05) is 0 Å². The molecule has 0 bridgehead atoms. The number of pyridine rings is 2. The van der Waals surface area contributed by atoms with E-state index in [1.165, 1.54) is 6.07 Å². The van der Waals surface area contributed by atoms with Crippen LogP contribution in [0.3, 0.4) is 0 Å². The highest BCUT2D eigenvalue weighted by molar-refractivity contribution is 5.84. The summed E-state index contributed by atoms with van der Waals surface area (Å²) in [5.41, 5.74) is 4.55. The number of anilines is 1. The van der Waals surface area contributed by atoms with Crippen molar-refractivity contribution >= 4 is 22.3 Å². The first kappa shape index (κ1) is 16.9. The predicted molar refractivity (Wildman–Crippen MR) is 109 cm³/mol. The molecule has 1 aliphatic heterocycles. The molecule has 0 unspecified atom stereocenters. The fourth-order valence-electron chi connectivity index (χ4n) is 3.82. The molecule has 142 valence electrons. The van der Waals surface area contributed by atoms with Gasteiger partial charge in [0.05, 0.1) is 11.4 Å². The summed E-state index contributed by atoms with van der Waals surface area (Å²) in [5.74, 6) is 0.580. The lowest BCUT2D eigenvalue weighted by Gasteiger charge is -2.29. The van der Waals surface area contributed by atoms with E-state index in [0.717, 1.165) is 54.2 Å². The minimum Gasteiger partial charge on any atom is -0.453 e. The maximum absolute atomic E-state index is 12.8. The van der Waals surface area contributed by atoms with E-state index in [9.17, 15) is 4.79 Å². The van der Waals surface area contributed by atoms with Crippen molar-refractivity contribution in [2.75, 3.05) is 31.1 Å². The Hall–Kier alpha value is -3.19. The van der Waals surface area contributed by atoms with Crippen LogP contribution >= 0.6 is 0 Å². The molecule has 5 heterocycles. The van der Waals surface area contributed by atoms with Gasteiger partial charge in [-0.15, -0.1) is 0 Å². The largest absolute Gasteiger partial charge is 0.453 e. The van der Waals surface area contributed by atoms with Crippen LogP contribution in [0.25, 0.3) is 28.1 Å². The van der Waals surface area contributed by atoms with Crippen LogP contribution in [0.15, 0.2) is 45.7 Å². The normalized spacial score (nSPS) is 14.9. The zero-order chi connectivity index (χ0) is 19.3. The first-order chi connectivity index (χ1) is 13.6. The molecule has 28 heavy (non-hydrogen) atoms. The van der Waals surface area contributed by atoms with Crippen molar-refractivity contribution in [3.63, 3.8) is 0 Å². The number of aryl methyl sites for hydroxylation is 2. The van der Waals surface area contributed by atoms with E-state index in [1.807, 2.05) is 44.3 Å². The zero-order valence-electron chi connectivity index (χ0n) is 15.9. The summed E-state index contributed by atoms with van der Waals surface area (Å²) in [6.45, 7) is 7.63. The second kappa shape index (κ2) is 6.45. The molecule has 0 aliphatic carbocycles. The summed E-state index contributed by atoms with van der Waals surface area (Å²) < 4.78 is 7.57. The van der Waals surface area contributed by atoms with Gasteiger partial charge in [-0.2, -0.15) is 0 Å². The first-order valence-corrected chi connectivity index (χ1v) is 9.46. The molecular weight excluding hydrogens is 354 g/mol. The van der Waals surface area contributed by atoms with Gasteiger partial charge in [0.25, 0.3) is 5.56 Å². The number of furan rings is 1. The molecule has 0 aromatic carbocycles. The van der Waals surface area contributed by atoms with Gasteiger partial charge in [0.1, 0.15) is 11.3 Å². The van der Waals surface area contributed by atoms with Crippen molar-refractivity contribution < 1.29 is 4.42 Å². The first-order valence-electron chi connectivity index (χ1n) is 9.46. The van der Waals surface area contributed by atoms with Gasteiger partial charge in [-0.25, -0.2) is 4.98 Å². The number of hydrogen-bond acceptors (Lipinski definition) is 6. The molecule has 0 saturated carbocycles. The van der Waals surface area contributed by atoms with E-state index >= 15 is 0 Å². The van der Waals surface area contributed by atoms with Crippen LogP contribution in [0.5, 0.6) is 0 Å². The Kier molecular flexibility index (Phi) is 3.91. The summed E-state index contributed by atoms with van der Waals surface area (Å²) in [4.78, 5) is 24.2. The van der Waals surface area contributed by atoms with Gasteiger partial charge in [0, 0.05) is 49.5 Å². The van der Waals surface area contributed by atoms with Crippen molar-refractivity contribution in [3.05, 3.63) is 58.3 Å². The third kappa shape index (κ3) is 2.84. The molecule has 4 aromatic heterocycles. The summed E-state index contributed by atoms with van der Waals surface area (Å²) in [5, 5.41) is 4.31. The fourth-order valence-corrected chi connectivity index (χ4v) is 3.82. The maximum Gasteiger partial charge on any atom is 0.258 e. The summed E-state index contributed by atoms with van der Waals surface area (Å²) in [6.07, 6.45) is 1.87. The molecule has 7 nitrogen and oxygen atoms in total. The molecule has 7 heteroatoms. The van der Waals surface area contributed by atoms with Crippen LogP contribution in [-0.4, -0.2) is 40.5 Å². The molecule has 0 atom stereocenters. The zero-order valence-corrected chi connectivity index (χ0v) is 15.9. The summed E-state index contributed by atoms with van der Waals surface area (Å²) in [7, 11) is 0. The van der Waals surface area contributed by atoms with Crippen molar-refractivity contribution in [1.82, 2.24) is 19.7 Å². The third-order valence-corrected chi connectivity index (χ3v) is 5.18. The smallest absolute Gasteiger partial charge is 0.258 e. The van der Waals surface area contributed by atoms with Gasteiger partial charge in [0.2, 0.25) is 0 Å². The molecule has 1 saturated heterocycles. The minimum atomic E-state index is -0.122. The molecule has 4 aromatic rings. The standard InChI is InChI=1S/C21H21N5O2/c1-13-9-15-10-18(28-21(15)14(2)23-13)17-11-20(27)26-12-16(3-4-19(26)24-17)25-7-5-22-6-8-25/h3-4,9-12,22H,5-8H2,1-2H3. The van der Waals surface area contributed by atoms with Gasteiger partial charge < -0.3 is 14.6 Å². The molecule has 0 spiro atoms. The number of aromatic nitrogens is 3. The third-order valence-electron chi connectivity index (χ3n) is 5.18. The summed E-state index contributed by atoms with van der Waals surface area (Å²) >= 11 is 0. The second-order valence-electron chi connectivity index (χ2n) is 7.21. The highest BCUT2D eigenvalue weighted by Crippen LogP contribution is 2.28. The van der Waals surface area contributed by atoms with Crippen molar-refractivity contribution in [2.45, 2.75) is 13.8 Å². The average Bonchev–Trinajstić information content (AvgIpc) is 3.13. The van der Waals surface area contributed by atoms with Crippen LogP contribution in [0.4, 0.5) is 5.69 Å². The molecule has 1 N–H and O–H groups in total. The Morgan fingerprint density at radius 3 is 2.71 bits per heavy atom. The van der Waals surface area contributed by atoms with Crippen molar-refractivity contribution in [1.29, 1.82) is 0 Å². The van der Waals surface area contributed by atoms with E-state index in [0.29, 0.717) is 17.1 Å². The highest BCUT2D eigenvalue weighted by Gasteiger charge is 2.15. The summed E-state index contributed by atoms with van der Waals surface area (Å²) in [6, 6.07) is 9.34. The molecule has 5 rings (SSSR count). The lowest BCUT2D eigenvalue weighted by Crippen LogP contribution is -2.43. The van der Waals surface area contributed by atoms with Gasteiger partial charge in [0.15, 0.2) is 11.3 Å². The van der Waals surface area contributed by atoms with E-state index < -0.39 is 0 Å². The maximum atomic E-state index is 12.8. The van der Waals surface area contributed by atoms with Gasteiger partial charge in [-0.05, 0) is 38.1 Å². The topological polar surface area (TPSA) is 75.7 Å². The second-order valence-corrected chi connectivity index (χ2v) is 7.21. The fraction of sp³-hybridized carbons (Fsp3) is 0.286. The number of piperazine rings is 1. The number of fused-ring (bicyclic) bond motifs is 2. The molecule has 0 amide bonds. The lowest BCUT2D eigenvalue weighted by atomic mass is 10.2. The molecule has 1 fully saturated rings. The minimum absolute atomic E-state index is 0.122. The molecular formula is C21H21N5O2. The number of nitrogens with zero attached hydrogens (tertiary/aromatic N) is 4. The monoisotopic (exact) mass is 375 g/mol. The van der Waals surface area contributed by atoms with Crippen molar-refractivity contribution in [3.8, 4) is 11.5 Å². The van der Waals surface area contributed by atoms with Crippen LogP contribution < -0.4 is 15.8 Å². The van der Waals surface area contributed by atoms with E-state index in [4.69, 9.17) is 4.42 Å². The van der Waals surface area contributed by atoms with Gasteiger partial charge >= 0.3 is 0 Å². The van der Waals surface area contributed by atoms with E-state index in [1.54, 1.807) is 4.40 Å². The van der Waals surface area contributed by atoms with Crippen molar-refractivity contribution in [2.24, 2.45) is 0 Å². The Morgan fingerprint density at radius 1 is 1.07 bits per heavy atom. The SMILES string of the molecule is Cc1cc2cc(-c3cc(=O)n4cc(N5CCNCC5)ccc4n3)oc2c(C)n1. The predicted octanol–water partition coefficient (Wildman–Crippen LogP) is 2.53. The number of nitrogens with one attached hydrogen (secondary N) is 1. The van der Waals surface area contributed by atoms with Crippen LogP contribution in [0.2, 0.25) is 0 Å². The number of hydrogen-bond donors (Lipinski definition) is 1. The van der Waals surface area contributed by atoms with E-state index in [-0.39, 0.29) is 5.56 Å². The van der Waals surface area contributed by atoms with Crippen LogP contribution in [-0.2, 0) is 0 Å². The Balaban J connectivity index is 1.60.